The molecule has 0 saturated carbocycles. The van der Waals surface area contributed by atoms with E-state index in [4.69, 9.17) is 16.9 Å². The second-order valence-electron chi connectivity index (χ2n) is 4.43. The monoisotopic (exact) mass is 362 g/mol. The van der Waals surface area contributed by atoms with Crippen LogP contribution >= 0.6 is 27.5 Å². The second-order valence-corrected chi connectivity index (χ2v) is 5.75. The van der Waals surface area contributed by atoms with Crippen molar-refractivity contribution in [3.63, 3.8) is 0 Å². The average Bonchev–Trinajstić information content (AvgIpc) is 2.47. The fourth-order valence-corrected chi connectivity index (χ4v) is 2.68. The van der Waals surface area contributed by atoms with Gasteiger partial charge in [-0.25, -0.2) is 0 Å². The average molecular weight is 364 g/mol. The van der Waals surface area contributed by atoms with Crippen LogP contribution in [0.25, 0.3) is 0 Å². The highest BCUT2D eigenvalue weighted by Gasteiger charge is 2.18. The quantitative estimate of drug-likeness (QED) is 0.762. The molecule has 0 fully saturated rings. The maximum Gasteiger partial charge on any atom is 0.256 e. The summed E-state index contributed by atoms with van der Waals surface area (Å²) in [5.41, 5.74) is 1.36. The van der Waals surface area contributed by atoms with Crippen molar-refractivity contribution in [2.75, 3.05) is 6.54 Å². The Morgan fingerprint density at radius 3 is 2.57 bits per heavy atom. The zero-order valence-corrected chi connectivity index (χ0v) is 13.4. The fourth-order valence-electron chi connectivity index (χ4n) is 1.92. The molecule has 3 nitrogen and oxygen atoms in total. The molecule has 0 aliphatic heterocycles. The Kier molecular flexibility index (Phi) is 5.38. The molecule has 0 atom stereocenters. The molecule has 2 rings (SSSR count). The highest BCUT2D eigenvalue weighted by molar-refractivity contribution is 9.10. The van der Waals surface area contributed by atoms with E-state index < -0.39 is 0 Å². The van der Waals surface area contributed by atoms with Gasteiger partial charge in [-0.3, -0.25) is 4.79 Å². The lowest BCUT2D eigenvalue weighted by molar-refractivity contribution is 0.0765. The summed E-state index contributed by atoms with van der Waals surface area (Å²) < 4.78 is 0.805. The zero-order chi connectivity index (χ0) is 15.2. The molecule has 0 saturated heterocycles. The molecule has 0 bridgehead atoms. The molecule has 0 aliphatic rings. The fraction of sp³-hybridized carbons (Fsp3) is 0.125. The normalized spacial score (nSPS) is 9.95. The third kappa shape index (κ3) is 4.07. The maximum absolute atomic E-state index is 12.5. The van der Waals surface area contributed by atoms with Crippen LogP contribution in [0.5, 0.6) is 0 Å². The summed E-state index contributed by atoms with van der Waals surface area (Å²) in [5, 5.41) is 9.31. The largest absolute Gasteiger partial charge is 0.321 e. The topological polar surface area (TPSA) is 44.1 Å². The predicted octanol–water partition coefficient (Wildman–Crippen LogP) is 4.27. The van der Waals surface area contributed by atoms with Crippen molar-refractivity contribution in [1.82, 2.24) is 4.90 Å². The van der Waals surface area contributed by atoms with Gasteiger partial charge in [0, 0.05) is 11.0 Å². The number of carbonyl (C=O) groups is 1. The Bertz CT molecular complexity index is 682. The van der Waals surface area contributed by atoms with Crippen LogP contribution < -0.4 is 0 Å². The van der Waals surface area contributed by atoms with Gasteiger partial charge in [-0.1, -0.05) is 57.9 Å². The van der Waals surface area contributed by atoms with Gasteiger partial charge in [0.25, 0.3) is 5.91 Å². The van der Waals surface area contributed by atoms with Gasteiger partial charge in [-0.05, 0) is 23.8 Å². The highest BCUT2D eigenvalue weighted by atomic mass is 79.9. The van der Waals surface area contributed by atoms with Crippen molar-refractivity contribution < 1.29 is 4.79 Å². The molecule has 2 aromatic carbocycles. The third-order valence-corrected chi connectivity index (χ3v) is 3.73. The van der Waals surface area contributed by atoms with E-state index in [2.05, 4.69) is 15.9 Å². The van der Waals surface area contributed by atoms with E-state index in [-0.39, 0.29) is 12.5 Å². The number of halogens is 2. The van der Waals surface area contributed by atoms with Crippen molar-refractivity contribution in [1.29, 1.82) is 5.26 Å². The SMILES string of the molecule is N#CCN(Cc1ccccc1)C(=O)c1ccc(Br)cc1Cl. The number of rotatable bonds is 4. The molecule has 0 unspecified atom stereocenters. The highest BCUT2D eigenvalue weighted by Crippen LogP contribution is 2.23. The molecular weight excluding hydrogens is 352 g/mol. The Labute approximate surface area is 136 Å². The van der Waals surface area contributed by atoms with Crippen LogP contribution in [0.1, 0.15) is 15.9 Å². The van der Waals surface area contributed by atoms with Crippen LogP contribution in [-0.2, 0) is 6.54 Å². The molecule has 0 spiro atoms. The summed E-state index contributed by atoms with van der Waals surface area (Å²) in [6.07, 6.45) is 0. The third-order valence-electron chi connectivity index (χ3n) is 2.93. The number of nitriles is 1. The Hall–Kier alpha value is -1.83. The predicted molar refractivity (Wildman–Crippen MR) is 85.9 cm³/mol. The summed E-state index contributed by atoms with van der Waals surface area (Å²) in [6.45, 7) is 0.389. The number of hydrogen-bond donors (Lipinski definition) is 0. The summed E-state index contributed by atoms with van der Waals surface area (Å²) in [7, 11) is 0. The molecular formula is C16H12BrClN2O. The van der Waals surface area contributed by atoms with Crippen LogP contribution in [0.2, 0.25) is 5.02 Å². The van der Waals surface area contributed by atoms with Crippen LogP contribution in [0.3, 0.4) is 0 Å². The van der Waals surface area contributed by atoms with E-state index in [0.29, 0.717) is 17.1 Å². The molecule has 2 aromatic rings. The first kappa shape index (κ1) is 15.6. The number of nitrogens with zero attached hydrogens (tertiary/aromatic N) is 2. The number of amides is 1. The standard InChI is InChI=1S/C16H12BrClN2O/c17-13-6-7-14(15(18)10-13)16(21)20(9-8-19)11-12-4-2-1-3-5-12/h1-7,10H,9,11H2. The van der Waals surface area contributed by atoms with Crippen molar-refractivity contribution in [2.24, 2.45) is 0 Å². The van der Waals surface area contributed by atoms with E-state index in [1.165, 1.54) is 4.90 Å². The van der Waals surface area contributed by atoms with Gasteiger partial charge in [-0.2, -0.15) is 5.26 Å². The van der Waals surface area contributed by atoms with Gasteiger partial charge in [0.15, 0.2) is 0 Å². The first-order valence-corrected chi connectivity index (χ1v) is 7.44. The van der Waals surface area contributed by atoms with Crippen LogP contribution in [0.15, 0.2) is 53.0 Å². The lowest BCUT2D eigenvalue weighted by atomic mass is 10.1. The van der Waals surface area contributed by atoms with Gasteiger partial charge in [0.05, 0.1) is 16.7 Å². The summed E-state index contributed by atoms with van der Waals surface area (Å²) in [4.78, 5) is 14.0. The van der Waals surface area contributed by atoms with Gasteiger partial charge >= 0.3 is 0 Å². The molecule has 0 heterocycles. The first-order valence-electron chi connectivity index (χ1n) is 6.27. The minimum atomic E-state index is -0.252. The molecule has 0 aliphatic carbocycles. The summed E-state index contributed by atoms with van der Waals surface area (Å²) in [6, 6.07) is 16.6. The minimum Gasteiger partial charge on any atom is -0.321 e. The molecule has 0 radical (unpaired) electrons. The molecule has 0 N–H and O–H groups in total. The van der Waals surface area contributed by atoms with Gasteiger partial charge in [0.1, 0.15) is 6.54 Å². The van der Waals surface area contributed by atoms with Crippen molar-refractivity contribution in [3.05, 3.63) is 69.2 Å². The van der Waals surface area contributed by atoms with Gasteiger partial charge in [0.2, 0.25) is 0 Å². The van der Waals surface area contributed by atoms with E-state index in [1.807, 2.05) is 36.4 Å². The molecule has 21 heavy (non-hydrogen) atoms. The van der Waals surface area contributed by atoms with Crippen LogP contribution in [0, 0.1) is 11.3 Å². The van der Waals surface area contributed by atoms with E-state index in [0.717, 1.165) is 10.0 Å². The van der Waals surface area contributed by atoms with Crippen LogP contribution in [0.4, 0.5) is 0 Å². The summed E-state index contributed by atoms with van der Waals surface area (Å²) in [5.74, 6) is -0.252. The smallest absolute Gasteiger partial charge is 0.256 e. The summed E-state index contributed by atoms with van der Waals surface area (Å²) >= 11 is 9.42. The molecule has 1 amide bonds. The molecule has 106 valence electrons. The van der Waals surface area contributed by atoms with Crippen molar-refractivity contribution in [2.45, 2.75) is 6.54 Å². The lowest BCUT2D eigenvalue weighted by Gasteiger charge is -2.20. The zero-order valence-electron chi connectivity index (χ0n) is 11.1. The number of benzene rings is 2. The molecule has 0 aromatic heterocycles. The van der Waals surface area contributed by atoms with E-state index in [9.17, 15) is 4.79 Å². The second kappa shape index (κ2) is 7.26. The number of carbonyl (C=O) groups excluding carboxylic acids is 1. The Morgan fingerprint density at radius 2 is 1.95 bits per heavy atom. The maximum atomic E-state index is 12.5. The van der Waals surface area contributed by atoms with E-state index in [1.54, 1.807) is 18.2 Å². The van der Waals surface area contributed by atoms with Gasteiger partial charge in [-0.15, -0.1) is 0 Å². The first-order chi connectivity index (χ1) is 10.1. The minimum absolute atomic E-state index is 0.0140. The van der Waals surface area contributed by atoms with Crippen molar-refractivity contribution in [3.8, 4) is 6.07 Å². The molecule has 5 heteroatoms. The van der Waals surface area contributed by atoms with Crippen molar-refractivity contribution >= 4 is 33.4 Å². The van der Waals surface area contributed by atoms with E-state index >= 15 is 0 Å². The lowest BCUT2D eigenvalue weighted by Crippen LogP contribution is -2.31. The number of hydrogen-bond acceptors (Lipinski definition) is 2. The van der Waals surface area contributed by atoms with Crippen LogP contribution in [-0.4, -0.2) is 17.4 Å². The Morgan fingerprint density at radius 1 is 1.24 bits per heavy atom. The Balaban J connectivity index is 2.25. The van der Waals surface area contributed by atoms with Gasteiger partial charge < -0.3 is 4.90 Å².